The minimum absolute atomic E-state index is 0.0533. The molecular weight excluding hydrogens is 400 g/mol. The fourth-order valence-corrected chi connectivity index (χ4v) is 4.98. The van der Waals surface area contributed by atoms with E-state index >= 15 is 0 Å². The van der Waals surface area contributed by atoms with Crippen molar-refractivity contribution in [1.82, 2.24) is 14.4 Å². The molecule has 3 aromatic rings. The predicted molar refractivity (Wildman–Crippen MR) is 102 cm³/mol. The Kier molecular flexibility index (Phi) is 5.18. The van der Waals surface area contributed by atoms with Gasteiger partial charge in [0.25, 0.3) is 5.89 Å². The lowest BCUT2D eigenvalue weighted by molar-refractivity contribution is 0.307. The molecule has 0 bridgehead atoms. The van der Waals surface area contributed by atoms with Crippen LogP contribution in [0.1, 0.15) is 30.1 Å². The van der Waals surface area contributed by atoms with E-state index in [1.807, 2.05) is 0 Å². The summed E-state index contributed by atoms with van der Waals surface area (Å²) in [5.74, 6) is -0.164. The van der Waals surface area contributed by atoms with E-state index in [-0.39, 0.29) is 22.3 Å². The molecule has 0 amide bonds. The fraction of sp³-hybridized carbons (Fsp3) is 0.300. The fourth-order valence-electron chi connectivity index (χ4n) is 3.42. The Bertz CT molecular complexity index is 1140. The molecule has 0 N–H and O–H groups in total. The topological polar surface area (TPSA) is 76.3 Å². The predicted octanol–water partition coefficient (Wildman–Crippen LogP) is 3.89. The molecule has 0 spiro atoms. The molecule has 2 heterocycles. The van der Waals surface area contributed by atoms with E-state index in [0.717, 1.165) is 0 Å². The number of halogens is 2. The Labute approximate surface area is 167 Å². The number of hydrogen-bond donors (Lipinski definition) is 0. The van der Waals surface area contributed by atoms with Crippen molar-refractivity contribution < 1.29 is 21.7 Å². The molecule has 2 aromatic carbocycles. The van der Waals surface area contributed by atoms with E-state index in [1.165, 1.54) is 41.6 Å². The van der Waals surface area contributed by atoms with Gasteiger partial charge in [0.15, 0.2) is 5.82 Å². The highest BCUT2D eigenvalue weighted by molar-refractivity contribution is 7.89. The zero-order valence-corrected chi connectivity index (χ0v) is 16.5. The maximum atomic E-state index is 13.5. The first kappa shape index (κ1) is 19.7. The van der Waals surface area contributed by atoms with Gasteiger partial charge in [-0.1, -0.05) is 11.2 Å². The lowest BCUT2D eigenvalue weighted by Gasteiger charge is -2.29. The lowest BCUT2D eigenvalue weighted by atomic mass is 9.97. The molecule has 1 aliphatic rings. The summed E-state index contributed by atoms with van der Waals surface area (Å²) in [6.07, 6.45) is 1.06. The lowest BCUT2D eigenvalue weighted by Crippen LogP contribution is -2.38. The van der Waals surface area contributed by atoms with Gasteiger partial charge in [0.1, 0.15) is 11.6 Å². The van der Waals surface area contributed by atoms with Crippen LogP contribution in [0.5, 0.6) is 0 Å². The van der Waals surface area contributed by atoms with Crippen molar-refractivity contribution in [1.29, 1.82) is 0 Å². The Morgan fingerprint density at radius 2 is 1.86 bits per heavy atom. The molecule has 0 saturated carbocycles. The number of piperidine rings is 1. The van der Waals surface area contributed by atoms with Gasteiger partial charge in [-0.05, 0) is 61.7 Å². The zero-order chi connectivity index (χ0) is 20.6. The minimum Gasteiger partial charge on any atom is -0.334 e. The van der Waals surface area contributed by atoms with Crippen molar-refractivity contribution in [3.63, 3.8) is 0 Å². The zero-order valence-electron chi connectivity index (χ0n) is 15.7. The van der Waals surface area contributed by atoms with E-state index in [9.17, 15) is 17.2 Å². The molecule has 1 fully saturated rings. The van der Waals surface area contributed by atoms with Gasteiger partial charge in [-0.25, -0.2) is 17.2 Å². The molecule has 1 saturated heterocycles. The molecule has 6 nitrogen and oxygen atoms in total. The van der Waals surface area contributed by atoms with Crippen molar-refractivity contribution in [2.24, 2.45) is 0 Å². The molecular formula is C20H19F2N3O3S. The smallest absolute Gasteiger partial charge is 0.258 e. The molecule has 0 aliphatic carbocycles. The average Bonchev–Trinajstić information content (AvgIpc) is 3.20. The second kappa shape index (κ2) is 7.64. The van der Waals surface area contributed by atoms with Gasteiger partial charge >= 0.3 is 0 Å². The summed E-state index contributed by atoms with van der Waals surface area (Å²) in [4.78, 5) is 4.44. The van der Waals surface area contributed by atoms with Gasteiger partial charge in [-0.15, -0.1) is 0 Å². The first-order chi connectivity index (χ1) is 13.8. The molecule has 0 radical (unpaired) electrons. The van der Waals surface area contributed by atoms with Crippen LogP contribution in [0.4, 0.5) is 8.78 Å². The van der Waals surface area contributed by atoms with Crippen LogP contribution in [0.15, 0.2) is 51.9 Å². The third-order valence-corrected chi connectivity index (χ3v) is 6.99. The van der Waals surface area contributed by atoms with Crippen molar-refractivity contribution >= 4 is 10.0 Å². The second-order valence-electron chi connectivity index (χ2n) is 7.06. The molecule has 0 atom stereocenters. The van der Waals surface area contributed by atoms with Crippen LogP contribution in [0.3, 0.4) is 0 Å². The van der Waals surface area contributed by atoms with Gasteiger partial charge in [0.2, 0.25) is 10.0 Å². The summed E-state index contributed by atoms with van der Waals surface area (Å²) in [7, 11) is -3.69. The van der Waals surface area contributed by atoms with Gasteiger partial charge in [0, 0.05) is 24.6 Å². The van der Waals surface area contributed by atoms with E-state index in [1.54, 1.807) is 12.1 Å². The normalized spacial score (nSPS) is 16.2. The number of rotatable bonds is 4. The SMILES string of the molecule is Cc1cc(S(=O)(=O)N2CCC(c3noc(-c4cccc(F)c4)n3)CC2)ccc1F. The third-order valence-electron chi connectivity index (χ3n) is 5.10. The van der Waals surface area contributed by atoms with Crippen LogP contribution in [0.25, 0.3) is 11.5 Å². The van der Waals surface area contributed by atoms with Crippen LogP contribution in [-0.4, -0.2) is 36.0 Å². The summed E-state index contributed by atoms with van der Waals surface area (Å²) in [5.41, 5.74) is 0.785. The Morgan fingerprint density at radius 3 is 2.55 bits per heavy atom. The number of nitrogens with zero attached hydrogens (tertiary/aromatic N) is 3. The van der Waals surface area contributed by atoms with Crippen LogP contribution in [0, 0.1) is 18.6 Å². The first-order valence-electron chi connectivity index (χ1n) is 9.20. The van der Waals surface area contributed by atoms with E-state index < -0.39 is 21.7 Å². The summed E-state index contributed by atoms with van der Waals surface area (Å²) in [5, 5.41) is 3.99. The average molecular weight is 419 g/mol. The highest BCUT2D eigenvalue weighted by atomic mass is 32.2. The highest BCUT2D eigenvalue weighted by Gasteiger charge is 2.32. The van der Waals surface area contributed by atoms with Gasteiger partial charge in [0.05, 0.1) is 4.90 Å². The Hall–Kier alpha value is -2.65. The van der Waals surface area contributed by atoms with Crippen LogP contribution in [-0.2, 0) is 10.0 Å². The summed E-state index contributed by atoms with van der Waals surface area (Å²) < 4.78 is 59.2. The quantitative estimate of drug-likeness (QED) is 0.641. The van der Waals surface area contributed by atoms with Crippen LogP contribution < -0.4 is 0 Å². The summed E-state index contributed by atoms with van der Waals surface area (Å²) >= 11 is 0. The molecule has 1 aliphatic heterocycles. The summed E-state index contributed by atoms with van der Waals surface area (Å²) in [6, 6.07) is 9.70. The maximum absolute atomic E-state index is 13.5. The Balaban J connectivity index is 1.46. The summed E-state index contributed by atoms with van der Waals surface area (Å²) in [6.45, 7) is 2.13. The van der Waals surface area contributed by atoms with Crippen molar-refractivity contribution in [3.8, 4) is 11.5 Å². The van der Waals surface area contributed by atoms with E-state index in [0.29, 0.717) is 37.3 Å². The standard InChI is InChI=1S/C20H19F2N3O3S/c1-13-11-17(5-6-18(13)22)29(26,27)25-9-7-14(8-10-25)19-23-20(28-24-19)15-3-2-4-16(21)12-15/h2-6,11-12,14H,7-10H2,1H3. The maximum Gasteiger partial charge on any atom is 0.258 e. The molecule has 9 heteroatoms. The monoisotopic (exact) mass is 419 g/mol. The number of benzene rings is 2. The molecule has 152 valence electrons. The van der Waals surface area contributed by atoms with Crippen molar-refractivity contribution in [2.45, 2.75) is 30.6 Å². The van der Waals surface area contributed by atoms with Crippen molar-refractivity contribution in [2.75, 3.05) is 13.1 Å². The minimum atomic E-state index is -3.69. The van der Waals surface area contributed by atoms with Gasteiger partial charge in [-0.2, -0.15) is 9.29 Å². The van der Waals surface area contributed by atoms with Crippen molar-refractivity contribution in [3.05, 3.63) is 65.5 Å². The van der Waals surface area contributed by atoms with Gasteiger partial charge < -0.3 is 4.52 Å². The first-order valence-corrected chi connectivity index (χ1v) is 10.6. The number of aryl methyl sites for hydroxylation is 1. The van der Waals surface area contributed by atoms with Crippen LogP contribution in [0.2, 0.25) is 0 Å². The third kappa shape index (κ3) is 3.92. The molecule has 4 rings (SSSR count). The molecule has 1 aromatic heterocycles. The second-order valence-corrected chi connectivity index (χ2v) is 9.00. The van der Waals surface area contributed by atoms with Crippen LogP contribution >= 0.6 is 0 Å². The Morgan fingerprint density at radius 1 is 1.10 bits per heavy atom. The molecule has 0 unspecified atom stereocenters. The highest BCUT2D eigenvalue weighted by Crippen LogP contribution is 2.31. The number of aromatic nitrogens is 2. The van der Waals surface area contributed by atoms with E-state index in [2.05, 4.69) is 10.1 Å². The largest absolute Gasteiger partial charge is 0.334 e. The number of hydrogen-bond acceptors (Lipinski definition) is 5. The van der Waals surface area contributed by atoms with E-state index in [4.69, 9.17) is 4.52 Å². The van der Waals surface area contributed by atoms with Gasteiger partial charge in [-0.3, -0.25) is 0 Å². The number of sulfonamides is 1. The molecule has 29 heavy (non-hydrogen) atoms.